The second-order valence-corrected chi connectivity index (χ2v) is 5.20. The van der Waals surface area contributed by atoms with E-state index in [0.29, 0.717) is 21.6 Å². The third kappa shape index (κ3) is 3.65. The van der Waals surface area contributed by atoms with E-state index in [2.05, 4.69) is 15.7 Å². The lowest BCUT2D eigenvalue weighted by Gasteiger charge is -2.14. The average Bonchev–Trinajstić information content (AvgIpc) is 2.79. The molecule has 5 nitrogen and oxygen atoms in total. The van der Waals surface area contributed by atoms with Crippen LogP contribution in [0.2, 0.25) is 10.0 Å². The summed E-state index contributed by atoms with van der Waals surface area (Å²) in [7, 11) is 1.81. The van der Waals surface area contributed by atoms with Crippen molar-refractivity contribution in [2.75, 3.05) is 10.6 Å². The number of aromatic nitrogens is 2. The van der Waals surface area contributed by atoms with Crippen molar-refractivity contribution in [2.24, 2.45) is 7.05 Å². The van der Waals surface area contributed by atoms with E-state index in [9.17, 15) is 4.79 Å². The van der Waals surface area contributed by atoms with Crippen molar-refractivity contribution in [3.8, 4) is 0 Å². The standard InChI is InChI=1S/C13H14Cl2N4O/c1-8(16-12-5-6-19(2)18-12)13(20)17-11-7-9(14)3-4-10(11)15/h3-8H,1-2H3,(H,16,18)(H,17,20). The zero-order valence-electron chi connectivity index (χ0n) is 11.0. The number of carbonyl (C=O) groups excluding carboxylic acids is 1. The number of halogens is 2. The van der Waals surface area contributed by atoms with Crippen LogP contribution in [0.5, 0.6) is 0 Å². The van der Waals surface area contributed by atoms with E-state index >= 15 is 0 Å². The van der Waals surface area contributed by atoms with Crippen molar-refractivity contribution in [3.63, 3.8) is 0 Å². The van der Waals surface area contributed by atoms with Crippen LogP contribution in [0.4, 0.5) is 11.5 Å². The van der Waals surface area contributed by atoms with E-state index in [-0.39, 0.29) is 5.91 Å². The zero-order valence-corrected chi connectivity index (χ0v) is 12.5. The number of nitrogens with zero attached hydrogens (tertiary/aromatic N) is 2. The summed E-state index contributed by atoms with van der Waals surface area (Å²) in [5.74, 6) is 0.409. The first-order valence-corrected chi connectivity index (χ1v) is 6.73. The van der Waals surface area contributed by atoms with Crippen LogP contribution in [-0.4, -0.2) is 21.7 Å². The molecule has 0 spiro atoms. The Labute approximate surface area is 126 Å². The zero-order chi connectivity index (χ0) is 14.7. The normalized spacial score (nSPS) is 12.0. The molecule has 106 valence electrons. The van der Waals surface area contributed by atoms with E-state index in [1.54, 1.807) is 42.1 Å². The van der Waals surface area contributed by atoms with Gasteiger partial charge in [0.25, 0.3) is 0 Å². The Morgan fingerprint density at radius 3 is 2.75 bits per heavy atom. The Morgan fingerprint density at radius 2 is 2.10 bits per heavy atom. The first-order valence-electron chi connectivity index (χ1n) is 5.98. The van der Waals surface area contributed by atoms with E-state index in [1.165, 1.54) is 0 Å². The number of aryl methyl sites for hydroxylation is 1. The quantitative estimate of drug-likeness (QED) is 0.911. The fraction of sp³-hybridized carbons (Fsp3) is 0.231. The number of amides is 1. The number of carbonyl (C=O) groups is 1. The maximum atomic E-state index is 12.1. The highest BCUT2D eigenvalue weighted by Gasteiger charge is 2.15. The van der Waals surface area contributed by atoms with Crippen LogP contribution in [0, 0.1) is 0 Å². The van der Waals surface area contributed by atoms with Gasteiger partial charge in [0.1, 0.15) is 11.9 Å². The highest BCUT2D eigenvalue weighted by atomic mass is 35.5. The van der Waals surface area contributed by atoms with Gasteiger partial charge in [0.2, 0.25) is 5.91 Å². The molecule has 0 aliphatic rings. The molecular formula is C13H14Cl2N4O. The summed E-state index contributed by atoms with van der Waals surface area (Å²) >= 11 is 11.9. The Bertz CT molecular complexity index is 627. The molecular weight excluding hydrogens is 299 g/mol. The molecule has 1 heterocycles. The van der Waals surface area contributed by atoms with Gasteiger partial charge >= 0.3 is 0 Å². The van der Waals surface area contributed by atoms with Gasteiger partial charge in [0, 0.05) is 24.3 Å². The van der Waals surface area contributed by atoms with Gasteiger partial charge in [-0.15, -0.1) is 0 Å². The summed E-state index contributed by atoms with van der Waals surface area (Å²) in [6.45, 7) is 1.74. The Morgan fingerprint density at radius 1 is 1.35 bits per heavy atom. The molecule has 1 amide bonds. The first kappa shape index (κ1) is 14.7. The van der Waals surface area contributed by atoms with Crippen molar-refractivity contribution in [2.45, 2.75) is 13.0 Å². The SMILES string of the molecule is CC(Nc1ccn(C)n1)C(=O)Nc1cc(Cl)ccc1Cl. The lowest BCUT2D eigenvalue weighted by Crippen LogP contribution is -2.32. The average molecular weight is 313 g/mol. The summed E-state index contributed by atoms with van der Waals surface area (Å²) < 4.78 is 1.65. The van der Waals surface area contributed by atoms with Crippen LogP contribution in [0.15, 0.2) is 30.5 Å². The fourth-order valence-corrected chi connectivity index (χ4v) is 1.95. The van der Waals surface area contributed by atoms with Crippen molar-refractivity contribution < 1.29 is 4.79 Å². The third-order valence-corrected chi connectivity index (χ3v) is 3.22. The molecule has 0 fully saturated rings. The number of benzene rings is 1. The second kappa shape index (κ2) is 6.15. The first-order chi connectivity index (χ1) is 9.45. The molecule has 1 aromatic carbocycles. The summed E-state index contributed by atoms with van der Waals surface area (Å²) in [4.78, 5) is 12.1. The predicted molar refractivity (Wildman–Crippen MR) is 81.4 cm³/mol. The molecule has 0 radical (unpaired) electrons. The summed E-state index contributed by atoms with van der Waals surface area (Å²) in [6.07, 6.45) is 1.79. The highest BCUT2D eigenvalue weighted by Crippen LogP contribution is 2.25. The van der Waals surface area contributed by atoms with E-state index in [1.807, 2.05) is 7.05 Å². The molecule has 1 aromatic heterocycles. The van der Waals surface area contributed by atoms with Gasteiger partial charge < -0.3 is 10.6 Å². The van der Waals surface area contributed by atoms with Crippen molar-refractivity contribution in [3.05, 3.63) is 40.5 Å². The summed E-state index contributed by atoms with van der Waals surface area (Å²) in [5, 5.41) is 10.8. The molecule has 2 aromatic rings. The number of anilines is 2. The topological polar surface area (TPSA) is 59.0 Å². The fourth-order valence-electron chi connectivity index (χ4n) is 1.61. The molecule has 20 heavy (non-hydrogen) atoms. The predicted octanol–water partition coefficient (Wildman–Crippen LogP) is 3.17. The van der Waals surface area contributed by atoms with Crippen LogP contribution in [0.1, 0.15) is 6.92 Å². The molecule has 1 atom stereocenters. The molecule has 0 aliphatic heterocycles. The van der Waals surface area contributed by atoms with Crippen LogP contribution < -0.4 is 10.6 Å². The summed E-state index contributed by atoms with van der Waals surface area (Å²) in [5.41, 5.74) is 0.485. The Balaban J connectivity index is 2.02. The minimum absolute atomic E-state index is 0.222. The number of nitrogens with one attached hydrogen (secondary N) is 2. The van der Waals surface area contributed by atoms with Gasteiger partial charge in [-0.3, -0.25) is 9.48 Å². The minimum atomic E-state index is -0.458. The van der Waals surface area contributed by atoms with Gasteiger partial charge in [-0.05, 0) is 25.1 Å². The molecule has 0 saturated heterocycles. The lowest BCUT2D eigenvalue weighted by molar-refractivity contribution is -0.116. The summed E-state index contributed by atoms with van der Waals surface area (Å²) in [6, 6.07) is 6.23. The maximum Gasteiger partial charge on any atom is 0.246 e. The molecule has 0 bridgehead atoms. The highest BCUT2D eigenvalue weighted by molar-refractivity contribution is 6.35. The lowest BCUT2D eigenvalue weighted by atomic mass is 10.2. The molecule has 0 aliphatic carbocycles. The Kier molecular flexibility index (Phi) is 4.52. The van der Waals surface area contributed by atoms with E-state index in [0.717, 1.165) is 0 Å². The largest absolute Gasteiger partial charge is 0.357 e. The Hall–Kier alpha value is -1.72. The van der Waals surface area contributed by atoms with Gasteiger partial charge in [-0.25, -0.2) is 0 Å². The van der Waals surface area contributed by atoms with Crippen molar-refractivity contribution in [1.82, 2.24) is 9.78 Å². The van der Waals surface area contributed by atoms with Crippen LogP contribution in [0.3, 0.4) is 0 Å². The monoisotopic (exact) mass is 312 g/mol. The molecule has 2 N–H and O–H groups in total. The van der Waals surface area contributed by atoms with E-state index in [4.69, 9.17) is 23.2 Å². The maximum absolute atomic E-state index is 12.1. The molecule has 7 heteroatoms. The van der Waals surface area contributed by atoms with Crippen molar-refractivity contribution >= 4 is 40.6 Å². The third-order valence-electron chi connectivity index (χ3n) is 2.66. The molecule has 1 unspecified atom stereocenters. The van der Waals surface area contributed by atoms with E-state index < -0.39 is 6.04 Å². The minimum Gasteiger partial charge on any atom is -0.357 e. The number of hydrogen-bond acceptors (Lipinski definition) is 3. The van der Waals surface area contributed by atoms with Crippen LogP contribution >= 0.6 is 23.2 Å². The van der Waals surface area contributed by atoms with Gasteiger partial charge in [-0.2, -0.15) is 5.10 Å². The molecule has 2 rings (SSSR count). The van der Waals surface area contributed by atoms with Crippen LogP contribution in [0.25, 0.3) is 0 Å². The van der Waals surface area contributed by atoms with Gasteiger partial charge in [0.15, 0.2) is 0 Å². The molecule has 0 saturated carbocycles. The van der Waals surface area contributed by atoms with Crippen molar-refractivity contribution in [1.29, 1.82) is 0 Å². The van der Waals surface area contributed by atoms with Gasteiger partial charge in [-0.1, -0.05) is 23.2 Å². The van der Waals surface area contributed by atoms with Crippen LogP contribution in [-0.2, 0) is 11.8 Å². The second-order valence-electron chi connectivity index (χ2n) is 4.35. The smallest absolute Gasteiger partial charge is 0.246 e. The van der Waals surface area contributed by atoms with Gasteiger partial charge in [0.05, 0.1) is 10.7 Å². The number of rotatable bonds is 4. The number of hydrogen-bond donors (Lipinski definition) is 2.